The lowest BCUT2D eigenvalue weighted by Crippen LogP contribution is -2.00. The summed E-state index contributed by atoms with van der Waals surface area (Å²) in [5.41, 5.74) is 1.13. The maximum atomic E-state index is 3.43. The predicted molar refractivity (Wildman–Crippen MR) is 104 cm³/mol. The van der Waals surface area contributed by atoms with E-state index in [1.807, 2.05) is 12.1 Å². The Kier molecular flexibility index (Phi) is 13.9. The molecule has 0 atom stereocenters. The minimum Gasteiger partial charge on any atom is -0.385 e. The fraction of sp³-hybridized carbons (Fsp3) is 0.727. The number of para-hydroxylation sites is 1. The van der Waals surface area contributed by atoms with Crippen LogP contribution in [0, 0.1) is 6.07 Å². The van der Waals surface area contributed by atoms with Gasteiger partial charge in [0.1, 0.15) is 0 Å². The zero-order valence-corrected chi connectivity index (χ0v) is 15.4. The van der Waals surface area contributed by atoms with Crippen molar-refractivity contribution in [3.8, 4) is 0 Å². The van der Waals surface area contributed by atoms with Gasteiger partial charge in [-0.25, -0.2) is 0 Å². The van der Waals surface area contributed by atoms with E-state index in [9.17, 15) is 0 Å². The van der Waals surface area contributed by atoms with E-state index in [2.05, 4.69) is 30.4 Å². The van der Waals surface area contributed by atoms with Gasteiger partial charge in [0.25, 0.3) is 0 Å². The van der Waals surface area contributed by atoms with Crippen molar-refractivity contribution >= 4 is 5.69 Å². The Morgan fingerprint density at radius 2 is 1.22 bits per heavy atom. The van der Waals surface area contributed by atoms with Gasteiger partial charge in [-0.05, 0) is 12.5 Å². The highest BCUT2D eigenvalue weighted by molar-refractivity contribution is 5.40. The van der Waals surface area contributed by atoms with Crippen molar-refractivity contribution in [2.45, 2.75) is 96.8 Å². The molecule has 0 fully saturated rings. The molecule has 131 valence electrons. The minimum atomic E-state index is 1.08. The third-order valence-corrected chi connectivity index (χ3v) is 4.55. The molecular formula is C22H38N. The predicted octanol–water partition coefficient (Wildman–Crippen LogP) is 7.38. The van der Waals surface area contributed by atoms with E-state index >= 15 is 0 Å². The smallest absolute Gasteiger partial charge is 0.0420 e. The monoisotopic (exact) mass is 316 g/mol. The van der Waals surface area contributed by atoms with Gasteiger partial charge in [0.05, 0.1) is 0 Å². The summed E-state index contributed by atoms with van der Waals surface area (Å²) in [6.07, 6.45) is 19.9. The van der Waals surface area contributed by atoms with E-state index in [0.29, 0.717) is 0 Å². The van der Waals surface area contributed by atoms with Crippen LogP contribution in [-0.4, -0.2) is 6.54 Å². The Morgan fingerprint density at radius 1 is 0.696 bits per heavy atom. The first-order chi connectivity index (χ1) is 11.4. The second-order valence-electron chi connectivity index (χ2n) is 6.80. The number of hydrogen-bond acceptors (Lipinski definition) is 1. The third kappa shape index (κ3) is 13.2. The Balaban J connectivity index is 1.72. The molecule has 1 rings (SSSR count). The van der Waals surface area contributed by atoms with Crippen LogP contribution in [0.25, 0.3) is 0 Å². The van der Waals surface area contributed by atoms with Crippen molar-refractivity contribution in [3.63, 3.8) is 0 Å². The van der Waals surface area contributed by atoms with Gasteiger partial charge in [0.15, 0.2) is 0 Å². The molecule has 23 heavy (non-hydrogen) atoms. The molecule has 0 aliphatic heterocycles. The quantitative estimate of drug-likeness (QED) is 0.314. The van der Waals surface area contributed by atoms with Crippen molar-refractivity contribution in [1.29, 1.82) is 0 Å². The molecule has 0 bridgehead atoms. The summed E-state index contributed by atoms with van der Waals surface area (Å²) in [5, 5.41) is 3.43. The first-order valence-electron chi connectivity index (χ1n) is 10.1. The van der Waals surface area contributed by atoms with Crippen LogP contribution in [0.3, 0.4) is 0 Å². The Hall–Kier alpha value is -0.980. The summed E-state index contributed by atoms with van der Waals surface area (Å²) in [6.45, 7) is 3.37. The molecule has 0 aromatic heterocycles. The number of benzene rings is 1. The maximum Gasteiger partial charge on any atom is 0.0420 e. The van der Waals surface area contributed by atoms with Gasteiger partial charge in [-0.3, -0.25) is 0 Å². The average Bonchev–Trinajstić information content (AvgIpc) is 2.59. The minimum absolute atomic E-state index is 1.08. The lowest BCUT2D eigenvalue weighted by atomic mass is 10.0. The zero-order chi connectivity index (χ0) is 16.4. The summed E-state index contributed by atoms with van der Waals surface area (Å²) in [6, 6.07) is 11.3. The number of hydrogen-bond donors (Lipinski definition) is 1. The Labute approximate surface area is 145 Å². The second-order valence-corrected chi connectivity index (χ2v) is 6.80. The molecule has 0 amide bonds. The van der Waals surface area contributed by atoms with Gasteiger partial charge in [-0.15, -0.1) is 0 Å². The Morgan fingerprint density at radius 3 is 1.70 bits per heavy atom. The molecule has 1 heteroatoms. The Bertz CT molecular complexity index is 333. The molecule has 1 N–H and O–H groups in total. The van der Waals surface area contributed by atoms with E-state index in [0.717, 1.165) is 12.2 Å². The normalized spacial score (nSPS) is 10.8. The highest BCUT2D eigenvalue weighted by Gasteiger charge is 1.94. The molecule has 0 aliphatic rings. The molecule has 0 heterocycles. The highest BCUT2D eigenvalue weighted by Crippen LogP contribution is 2.13. The van der Waals surface area contributed by atoms with E-state index in [4.69, 9.17) is 0 Å². The number of anilines is 1. The summed E-state index contributed by atoms with van der Waals surface area (Å²) in [4.78, 5) is 0. The molecule has 0 aliphatic carbocycles. The van der Waals surface area contributed by atoms with Crippen molar-refractivity contribution in [2.24, 2.45) is 0 Å². The van der Waals surface area contributed by atoms with E-state index in [1.165, 1.54) is 89.9 Å². The highest BCUT2D eigenvalue weighted by atomic mass is 14.9. The molecule has 1 radical (unpaired) electrons. The van der Waals surface area contributed by atoms with Gasteiger partial charge >= 0.3 is 0 Å². The van der Waals surface area contributed by atoms with Crippen LogP contribution in [0.5, 0.6) is 0 Å². The van der Waals surface area contributed by atoms with Gasteiger partial charge in [0.2, 0.25) is 0 Å². The van der Waals surface area contributed by atoms with Crippen LogP contribution < -0.4 is 5.32 Å². The summed E-state index contributed by atoms with van der Waals surface area (Å²) < 4.78 is 0. The van der Waals surface area contributed by atoms with Gasteiger partial charge in [-0.1, -0.05) is 109 Å². The van der Waals surface area contributed by atoms with Gasteiger partial charge < -0.3 is 5.32 Å². The topological polar surface area (TPSA) is 12.0 Å². The number of rotatable bonds is 16. The number of unbranched alkanes of at least 4 members (excludes halogenated alkanes) is 13. The van der Waals surface area contributed by atoms with Crippen LogP contribution in [0.4, 0.5) is 5.69 Å². The van der Waals surface area contributed by atoms with E-state index in [-0.39, 0.29) is 0 Å². The van der Waals surface area contributed by atoms with E-state index < -0.39 is 0 Å². The number of nitrogens with one attached hydrogen (secondary N) is 1. The molecule has 1 nitrogen and oxygen atoms in total. The molecule has 0 spiro atoms. The summed E-state index contributed by atoms with van der Waals surface area (Å²) in [5.74, 6) is 0. The van der Waals surface area contributed by atoms with Crippen molar-refractivity contribution in [3.05, 3.63) is 30.3 Å². The first kappa shape index (κ1) is 20.1. The largest absolute Gasteiger partial charge is 0.385 e. The molecular weight excluding hydrogens is 278 g/mol. The van der Waals surface area contributed by atoms with Crippen molar-refractivity contribution < 1.29 is 0 Å². The molecule has 0 saturated carbocycles. The van der Waals surface area contributed by atoms with Crippen LogP contribution >= 0.6 is 0 Å². The van der Waals surface area contributed by atoms with Crippen molar-refractivity contribution in [2.75, 3.05) is 11.9 Å². The SMILES string of the molecule is CCCCCCCCCCCCCCCCNc1[c]cccc1. The lowest BCUT2D eigenvalue weighted by molar-refractivity contribution is 0.537. The molecule has 1 aromatic rings. The van der Waals surface area contributed by atoms with Gasteiger partial charge in [0, 0.05) is 18.3 Å². The summed E-state index contributed by atoms with van der Waals surface area (Å²) >= 11 is 0. The fourth-order valence-corrected chi connectivity index (χ4v) is 3.05. The van der Waals surface area contributed by atoms with Crippen LogP contribution in [0.15, 0.2) is 24.3 Å². The third-order valence-electron chi connectivity index (χ3n) is 4.55. The van der Waals surface area contributed by atoms with Crippen LogP contribution in [-0.2, 0) is 0 Å². The molecule has 0 saturated heterocycles. The fourth-order valence-electron chi connectivity index (χ4n) is 3.05. The van der Waals surface area contributed by atoms with Crippen molar-refractivity contribution in [1.82, 2.24) is 0 Å². The van der Waals surface area contributed by atoms with Crippen LogP contribution in [0.1, 0.15) is 96.8 Å². The standard InChI is InChI=1S/C22H38N/c1-2-3-4-5-6-7-8-9-10-11-12-13-14-18-21-23-22-19-16-15-17-20-22/h15-17,19,23H,2-14,18,21H2,1H3. The zero-order valence-electron chi connectivity index (χ0n) is 15.4. The molecule has 1 aromatic carbocycles. The van der Waals surface area contributed by atoms with Gasteiger partial charge in [-0.2, -0.15) is 0 Å². The first-order valence-corrected chi connectivity index (χ1v) is 10.1. The summed E-state index contributed by atoms with van der Waals surface area (Å²) in [7, 11) is 0. The van der Waals surface area contributed by atoms with Crippen LogP contribution in [0.2, 0.25) is 0 Å². The maximum absolute atomic E-state index is 3.43. The van der Waals surface area contributed by atoms with E-state index in [1.54, 1.807) is 0 Å². The lowest BCUT2D eigenvalue weighted by Gasteiger charge is -2.06. The average molecular weight is 317 g/mol. The molecule has 0 unspecified atom stereocenters. The second kappa shape index (κ2) is 15.9.